The fraction of sp³-hybridized carbons (Fsp3) is 0.571. The number of nitrogens with zero attached hydrogens (tertiary/aromatic N) is 2. The van der Waals surface area contributed by atoms with Gasteiger partial charge in [-0.2, -0.15) is 5.10 Å². The molecule has 54 valence electrons. The molecule has 0 radical (unpaired) electrons. The van der Waals surface area contributed by atoms with Crippen LogP contribution in [0.3, 0.4) is 0 Å². The molecule has 3 heteroatoms. The van der Waals surface area contributed by atoms with E-state index in [0.717, 1.165) is 19.6 Å². The van der Waals surface area contributed by atoms with Crippen molar-refractivity contribution in [1.29, 1.82) is 0 Å². The van der Waals surface area contributed by atoms with Crippen molar-refractivity contribution >= 4 is 0 Å². The van der Waals surface area contributed by atoms with Crippen LogP contribution in [0.4, 0.5) is 0 Å². The van der Waals surface area contributed by atoms with Gasteiger partial charge in [0.1, 0.15) is 0 Å². The van der Waals surface area contributed by atoms with Crippen LogP contribution in [0.2, 0.25) is 0 Å². The summed E-state index contributed by atoms with van der Waals surface area (Å²) >= 11 is 0. The molecule has 1 saturated heterocycles. The third kappa shape index (κ3) is 1.36. The molecule has 0 aromatic carbocycles. The van der Waals surface area contributed by atoms with Crippen LogP contribution >= 0.6 is 0 Å². The van der Waals surface area contributed by atoms with E-state index < -0.39 is 0 Å². The molecular weight excluding hydrogens is 128 g/mol. The van der Waals surface area contributed by atoms with Gasteiger partial charge >= 0.3 is 0 Å². The summed E-state index contributed by atoms with van der Waals surface area (Å²) < 4.78 is 7.00. The molecule has 0 N–H and O–H groups in total. The first-order valence-electron chi connectivity index (χ1n) is 3.54. The van der Waals surface area contributed by atoms with Crippen LogP contribution in [0.5, 0.6) is 0 Å². The molecule has 0 amide bonds. The highest BCUT2D eigenvalue weighted by Gasteiger charge is 2.21. The van der Waals surface area contributed by atoms with E-state index in [0.29, 0.717) is 6.10 Å². The van der Waals surface area contributed by atoms with Gasteiger partial charge in [0.15, 0.2) is 0 Å². The molecule has 2 heterocycles. The summed E-state index contributed by atoms with van der Waals surface area (Å²) in [6.07, 6.45) is 5.39. The van der Waals surface area contributed by atoms with E-state index in [4.69, 9.17) is 4.74 Å². The van der Waals surface area contributed by atoms with Crippen LogP contribution in [-0.2, 0) is 11.3 Å². The normalized spacial score (nSPS) is 23.0. The lowest BCUT2D eigenvalue weighted by Crippen LogP contribution is -2.00. The van der Waals surface area contributed by atoms with Crippen LogP contribution in [-0.4, -0.2) is 22.5 Å². The van der Waals surface area contributed by atoms with Gasteiger partial charge in [-0.05, 0) is 12.5 Å². The Kier molecular flexibility index (Phi) is 1.43. The van der Waals surface area contributed by atoms with E-state index in [-0.39, 0.29) is 0 Å². The van der Waals surface area contributed by atoms with Crippen molar-refractivity contribution in [2.45, 2.75) is 19.1 Å². The van der Waals surface area contributed by atoms with Crippen molar-refractivity contribution < 1.29 is 4.74 Å². The summed E-state index contributed by atoms with van der Waals surface area (Å²) in [6.45, 7) is 1.93. The zero-order valence-electron chi connectivity index (χ0n) is 5.73. The van der Waals surface area contributed by atoms with Crippen LogP contribution in [0.25, 0.3) is 0 Å². The predicted molar refractivity (Wildman–Crippen MR) is 36.6 cm³/mol. The van der Waals surface area contributed by atoms with E-state index >= 15 is 0 Å². The van der Waals surface area contributed by atoms with Crippen LogP contribution in [0.15, 0.2) is 18.5 Å². The Hall–Kier alpha value is -0.830. The van der Waals surface area contributed by atoms with Crippen LogP contribution in [0.1, 0.15) is 6.42 Å². The maximum atomic E-state index is 5.07. The molecule has 0 saturated carbocycles. The van der Waals surface area contributed by atoms with Gasteiger partial charge in [-0.1, -0.05) is 0 Å². The average Bonchev–Trinajstić information content (AvgIpc) is 2.63. The number of aryl methyl sites for hydroxylation is 1. The SMILES string of the molecule is c1cnn(CCC2CO2)c1. The third-order valence-corrected chi connectivity index (χ3v) is 1.64. The van der Waals surface area contributed by atoms with Gasteiger partial charge in [-0.15, -0.1) is 0 Å². The van der Waals surface area contributed by atoms with Crippen molar-refractivity contribution in [1.82, 2.24) is 9.78 Å². The zero-order valence-corrected chi connectivity index (χ0v) is 5.73. The summed E-state index contributed by atoms with van der Waals surface area (Å²) in [5.74, 6) is 0. The lowest BCUT2D eigenvalue weighted by molar-refractivity contribution is 0.380. The van der Waals surface area contributed by atoms with Crippen LogP contribution in [0, 0.1) is 0 Å². The highest BCUT2D eigenvalue weighted by atomic mass is 16.6. The first kappa shape index (κ1) is 5.92. The predicted octanol–water partition coefficient (Wildman–Crippen LogP) is 0.672. The quantitative estimate of drug-likeness (QED) is 0.575. The van der Waals surface area contributed by atoms with Crippen LogP contribution < -0.4 is 0 Å². The van der Waals surface area contributed by atoms with E-state index in [1.165, 1.54) is 0 Å². The fourth-order valence-corrected chi connectivity index (χ4v) is 0.944. The molecule has 0 aliphatic carbocycles. The molecule has 1 aliphatic heterocycles. The molecule has 2 rings (SSSR count). The minimum Gasteiger partial charge on any atom is -0.373 e. The van der Waals surface area contributed by atoms with Gasteiger partial charge in [0.25, 0.3) is 0 Å². The van der Waals surface area contributed by atoms with Gasteiger partial charge in [0.2, 0.25) is 0 Å². The Labute approximate surface area is 59.6 Å². The largest absolute Gasteiger partial charge is 0.373 e. The smallest absolute Gasteiger partial charge is 0.0827 e. The number of hydrogen-bond donors (Lipinski definition) is 0. The Morgan fingerprint density at radius 3 is 3.20 bits per heavy atom. The number of rotatable bonds is 3. The Balaban J connectivity index is 1.79. The molecule has 1 fully saturated rings. The molecule has 1 atom stereocenters. The van der Waals surface area contributed by atoms with E-state index in [2.05, 4.69) is 5.10 Å². The fourth-order valence-electron chi connectivity index (χ4n) is 0.944. The zero-order chi connectivity index (χ0) is 6.81. The van der Waals surface area contributed by atoms with Crippen molar-refractivity contribution in [3.05, 3.63) is 18.5 Å². The van der Waals surface area contributed by atoms with Gasteiger partial charge in [0.05, 0.1) is 12.7 Å². The lowest BCUT2D eigenvalue weighted by atomic mass is 10.3. The summed E-state index contributed by atoms with van der Waals surface area (Å²) in [5, 5.41) is 4.08. The molecule has 0 bridgehead atoms. The van der Waals surface area contributed by atoms with Gasteiger partial charge < -0.3 is 4.74 Å². The lowest BCUT2D eigenvalue weighted by Gasteiger charge is -1.95. The number of ether oxygens (including phenoxy) is 1. The Bertz CT molecular complexity index is 191. The first-order chi connectivity index (χ1) is 4.95. The molecule has 10 heavy (non-hydrogen) atoms. The summed E-state index contributed by atoms with van der Waals surface area (Å²) in [5.41, 5.74) is 0. The second-order valence-electron chi connectivity index (χ2n) is 2.51. The Morgan fingerprint density at radius 2 is 2.60 bits per heavy atom. The maximum absolute atomic E-state index is 5.07. The van der Waals surface area contributed by atoms with Gasteiger partial charge in [-0.3, -0.25) is 4.68 Å². The van der Waals surface area contributed by atoms with Gasteiger partial charge in [-0.25, -0.2) is 0 Å². The van der Waals surface area contributed by atoms with E-state index in [1.807, 2.05) is 16.9 Å². The first-order valence-corrected chi connectivity index (χ1v) is 3.54. The molecule has 1 aromatic heterocycles. The standard InChI is InChI=1S/C7H10N2O/c1-3-8-9(4-1)5-2-7-6-10-7/h1,3-4,7H,2,5-6H2. The maximum Gasteiger partial charge on any atom is 0.0827 e. The molecule has 1 unspecified atom stereocenters. The molecule has 1 aliphatic rings. The summed E-state index contributed by atoms with van der Waals surface area (Å²) in [4.78, 5) is 0. The Morgan fingerprint density at radius 1 is 1.70 bits per heavy atom. The highest BCUT2D eigenvalue weighted by Crippen LogP contribution is 2.13. The van der Waals surface area contributed by atoms with Crippen molar-refractivity contribution in [2.24, 2.45) is 0 Å². The monoisotopic (exact) mass is 138 g/mol. The summed E-state index contributed by atoms with van der Waals surface area (Å²) in [7, 11) is 0. The number of aromatic nitrogens is 2. The second-order valence-corrected chi connectivity index (χ2v) is 2.51. The van der Waals surface area contributed by atoms with E-state index in [9.17, 15) is 0 Å². The number of hydrogen-bond acceptors (Lipinski definition) is 2. The van der Waals surface area contributed by atoms with Crippen molar-refractivity contribution in [3.63, 3.8) is 0 Å². The second kappa shape index (κ2) is 2.42. The van der Waals surface area contributed by atoms with E-state index in [1.54, 1.807) is 6.20 Å². The minimum absolute atomic E-state index is 0.518. The van der Waals surface area contributed by atoms with Gasteiger partial charge in [0, 0.05) is 18.9 Å². The number of epoxide rings is 1. The topological polar surface area (TPSA) is 30.4 Å². The molecule has 0 spiro atoms. The van der Waals surface area contributed by atoms with Crippen molar-refractivity contribution in [3.8, 4) is 0 Å². The van der Waals surface area contributed by atoms with Crippen molar-refractivity contribution in [2.75, 3.05) is 6.61 Å². The summed E-state index contributed by atoms with van der Waals surface area (Å²) in [6, 6.07) is 1.94. The molecular formula is C7H10N2O. The third-order valence-electron chi connectivity index (χ3n) is 1.64. The average molecular weight is 138 g/mol. The molecule has 1 aromatic rings. The minimum atomic E-state index is 0.518. The molecule has 3 nitrogen and oxygen atoms in total. The highest BCUT2D eigenvalue weighted by molar-refractivity contribution is 4.78.